The largest absolute Gasteiger partial charge is 1.00 e. The van der Waals surface area contributed by atoms with Crippen LogP contribution in [0, 0.1) is 0 Å². The second kappa shape index (κ2) is 15.4. The average Bonchev–Trinajstić information content (AvgIpc) is 2.77. The minimum Gasteiger partial charge on any atom is -1.00 e. The number of piperidine rings is 1. The van der Waals surface area contributed by atoms with Crippen LogP contribution in [0.4, 0.5) is 0 Å². The summed E-state index contributed by atoms with van der Waals surface area (Å²) in [6.07, 6.45) is 7.11. The molecule has 0 radical (unpaired) electrons. The molecular formula is C27H42Cl2N2O2. The molecule has 0 aromatic heterocycles. The van der Waals surface area contributed by atoms with Crippen LogP contribution in [0.1, 0.15) is 50.7 Å². The number of likely N-dealkylation sites (tertiary alicyclic amines) is 1. The number of ether oxygens (including phenoxy) is 2. The van der Waals surface area contributed by atoms with E-state index < -0.39 is 0 Å². The van der Waals surface area contributed by atoms with Gasteiger partial charge in [-0.2, -0.15) is 0 Å². The molecule has 1 fully saturated rings. The molecular weight excluding hydrogens is 455 g/mol. The Morgan fingerprint density at radius 3 is 1.67 bits per heavy atom. The fourth-order valence-electron chi connectivity index (χ4n) is 4.96. The second-order valence-electron chi connectivity index (χ2n) is 8.96. The Kier molecular flexibility index (Phi) is 13.8. The van der Waals surface area contributed by atoms with E-state index in [0.29, 0.717) is 6.04 Å². The molecule has 1 unspecified atom stereocenters. The maximum absolute atomic E-state index is 6.42. The molecule has 0 saturated carbocycles. The first kappa shape index (κ1) is 29.6. The van der Waals surface area contributed by atoms with Crippen LogP contribution in [-0.4, -0.2) is 49.9 Å². The number of aryl methyl sites for hydroxylation is 2. The van der Waals surface area contributed by atoms with E-state index in [1.807, 2.05) is 13.8 Å². The molecule has 0 spiro atoms. The molecule has 1 aliphatic heterocycles. The highest BCUT2D eigenvalue weighted by Crippen LogP contribution is 2.22. The summed E-state index contributed by atoms with van der Waals surface area (Å²) in [6.45, 7) is 10.3. The van der Waals surface area contributed by atoms with Crippen molar-refractivity contribution < 1.29 is 26.4 Å². The zero-order valence-electron chi connectivity index (χ0n) is 20.3. The van der Waals surface area contributed by atoms with Crippen LogP contribution >= 0.6 is 12.4 Å². The topological polar surface area (TPSA) is 44.5 Å². The predicted molar refractivity (Wildman–Crippen MR) is 136 cm³/mol. The lowest BCUT2D eigenvalue weighted by atomic mass is 10.00. The molecule has 0 aliphatic carbocycles. The van der Waals surface area contributed by atoms with Gasteiger partial charge in [0.15, 0.2) is 0 Å². The first-order valence-electron chi connectivity index (χ1n) is 12.2. The SMILES string of the molecule is CCOc1ccc(CCC[N+]2(CCCc3ccc(OCC)cc3)CCCC(N)C2)cc1.Cl.[Cl-]. The predicted octanol–water partition coefficient (Wildman–Crippen LogP) is 2.41. The van der Waals surface area contributed by atoms with E-state index in [9.17, 15) is 0 Å². The summed E-state index contributed by atoms with van der Waals surface area (Å²) < 4.78 is 12.3. The minimum atomic E-state index is 0. The van der Waals surface area contributed by atoms with E-state index in [1.165, 1.54) is 60.9 Å². The van der Waals surface area contributed by atoms with Gasteiger partial charge < -0.3 is 32.1 Å². The van der Waals surface area contributed by atoms with Crippen molar-refractivity contribution >= 4 is 12.4 Å². The van der Waals surface area contributed by atoms with Gasteiger partial charge in [-0.1, -0.05) is 24.3 Å². The zero-order chi connectivity index (χ0) is 21.9. The molecule has 0 bridgehead atoms. The first-order chi connectivity index (χ1) is 15.1. The van der Waals surface area contributed by atoms with Crippen molar-refractivity contribution in [3.8, 4) is 11.5 Å². The summed E-state index contributed by atoms with van der Waals surface area (Å²) in [6, 6.07) is 17.6. The number of nitrogens with zero attached hydrogens (tertiary/aromatic N) is 1. The van der Waals surface area contributed by atoms with E-state index in [2.05, 4.69) is 48.5 Å². The van der Waals surface area contributed by atoms with Crippen molar-refractivity contribution in [1.82, 2.24) is 0 Å². The van der Waals surface area contributed by atoms with Gasteiger partial charge in [-0.05, 0) is 74.9 Å². The summed E-state index contributed by atoms with van der Waals surface area (Å²) in [5, 5.41) is 0. The molecule has 2 aromatic carbocycles. The van der Waals surface area contributed by atoms with E-state index >= 15 is 0 Å². The van der Waals surface area contributed by atoms with Gasteiger partial charge in [-0.25, -0.2) is 0 Å². The van der Waals surface area contributed by atoms with Crippen molar-refractivity contribution in [3.63, 3.8) is 0 Å². The molecule has 3 rings (SSSR count). The third kappa shape index (κ3) is 9.74. The molecule has 1 heterocycles. The number of nitrogens with two attached hydrogens (primary N) is 1. The molecule has 4 nitrogen and oxygen atoms in total. The lowest BCUT2D eigenvalue weighted by Crippen LogP contribution is -3.00. The Morgan fingerprint density at radius 2 is 1.27 bits per heavy atom. The van der Waals surface area contributed by atoms with Gasteiger partial charge in [0.1, 0.15) is 11.5 Å². The second-order valence-corrected chi connectivity index (χ2v) is 8.96. The highest BCUT2D eigenvalue weighted by atomic mass is 35.5. The van der Waals surface area contributed by atoms with E-state index in [0.717, 1.165) is 44.1 Å². The van der Waals surface area contributed by atoms with E-state index in [4.69, 9.17) is 15.2 Å². The fourth-order valence-corrected chi connectivity index (χ4v) is 4.96. The summed E-state index contributed by atoms with van der Waals surface area (Å²) in [4.78, 5) is 0. The van der Waals surface area contributed by atoms with E-state index in [1.54, 1.807) is 0 Å². The Bertz CT molecular complexity index is 713. The number of halogens is 2. The van der Waals surface area contributed by atoms with Crippen LogP contribution < -0.4 is 27.6 Å². The lowest BCUT2D eigenvalue weighted by Gasteiger charge is -2.44. The molecule has 1 atom stereocenters. The van der Waals surface area contributed by atoms with Crippen LogP contribution in [0.2, 0.25) is 0 Å². The van der Waals surface area contributed by atoms with Crippen LogP contribution in [-0.2, 0) is 12.8 Å². The molecule has 0 amide bonds. The molecule has 2 N–H and O–H groups in total. The number of quaternary nitrogens is 1. The summed E-state index contributed by atoms with van der Waals surface area (Å²) in [5.41, 5.74) is 9.22. The third-order valence-corrected chi connectivity index (χ3v) is 6.49. The Morgan fingerprint density at radius 1 is 0.818 bits per heavy atom. The molecule has 1 saturated heterocycles. The van der Waals surface area contributed by atoms with Crippen molar-refractivity contribution in [1.29, 1.82) is 0 Å². The van der Waals surface area contributed by atoms with Crippen molar-refractivity contribution in [3.05, 3.63) is 59.7 Å². The monoisotopic (exact) mass is 496 g/mol. The van der Waals surface area contributed by atoms with Gasteiger partial charge in [-0.3, -0.25) is 0 Å². The molecule has 186 valence electrons. The highest BCUT2D eigenvalue weighted by molar-refractivity contribution is 5.85. The summed E-state index contributed by atoms with van der Waals surface area (Å²) in [5.74, 6) is 1.93. The maximum atomic E-state index is 6.42. The van der Waals surface area contributed by atoms with Gasteiger partial charge in [0.2, 0.25) is 0 Å². The number of benzene rings is 2. The van der Waals surface area contributed by atoms with Crippen molar-refractivity contribution in [2.75, 3.05) is 39.4 Å². The molecule has 2 aromatic rings. The Hall–Kier alpha value is -1.46. The van der Waals surface area contributed by atoms with Gasteiger partial charge in [-0.15, -0.1) is 12.4 Å². The third-order valence-electron chi connectivity index (χ3n) is 6.49. The number of hydrogen-bond donors (Lipinski definition) is 1. The first-order valence-corrected chi connectivity index (χ1v) is 12.2. The molecule has 1 aliphatic rings. The molecule has 33 heavy (non-hydrogen) atoms. The van der Waals surface area contributed by atoms with Crippen LogP contribution in [0.5, 0.6) is 11.5 Å². The maximum Gasteiger partial charge on any atom is 0.119 e. The molecule has 6 heteroatoms. The highest BCUT2D eigenvalue weighted by Gasteiger charge is 2.32. The van der Waals surface area contributed by atoms with Crippen LogP contribution in [0.3, 0.4) is 0 Å². The average molecular weight is 498 g/mol. The summed E-state index contributed by atoms with van der Waals surface area (Å²) in [7, 11) is 0. The van der Waals surface area contributed by atoms with Gasteiger partial charge in [0, 0.05) is 12.8 Å². The van der Waals surface area contributed by atoms with Crippen LogP contribution in [0.25, 0.3) is 0 Å². The van der Waals surface area contributed by atoms with Crippen LogP contribution in [0.15, 0.2) is 48.5 Å². The standard InChI is InChI=1S/C27H41N2O2.2ClH/c1-3-30-26-15-11-23(12-16-26)8-5-19-29(21-7-10-25(28)22-29)20-6-9-24-13-17-27(18-14-24)31-4-2;;/h11-18,25H,3-10,19-22,28H2,1-2H3;2*1H/q+1;;/p-1. The fraction of sp³-hybridized carbons (Fsp3) is 0.556. The van der Waals surface area contributed by atoms with Crippen molar-refractivity contribution in [2.24, 2.45) is 5.73 Å². The van der Waals surface area contributed by atoms with Gasteiger partial charge in [0.25, 0.3) is 0 Å². The van der Waals surface area contributed by atoms with Gasteiger partial charge >= 0.3 is 0 Å². The minimum absolute atomic E-state index is 0. The van der Waals surface area contributed by atoms with Crippen molar-refractivity contribution in [2.45, 2.75) is 58.4 Å². The number of hydrogen-bond acceptors (Lipinski definition) is 3. The Balaban J connectivity index is 0.00000272. The van der Waals surface area contributed by atoms with E-state index in [-0.39, 0.29) is 24.8 Å². The zero-order valence-corrected chi connectivity index (χ0v) is 21.9. The summed E-state index contributed by atoms with van der Waals surface area (Å²) >= 11 is 0. The smallest absolute Gasteiger partial charge is 0.119 e. The lowest BCUT2D eigenvalue weighted by molar-refractivity contribution is -0.933. The van der Waals surface area contributed by atoms with Gasteiger partial charge in [0.05, 0.1) is 45.4 Å². The Labute approximate surface area is 213 Å². The quantitative estimate of drug-likeness (QED) is 0.458. The number of rotatable bonds is 12. The normalized spacial score (nSPS) is 16.9.